The number of ether oxygens (including phenoxy) is 2. The van der Waals surface area contributed by atoms with Crippen LogP contribution in [0.2, 0.25) is 0 Å². The molecule has 0 bridgehead atoms. The Kier molecular flexibility index (Phi) is 6.18. The first-order chi connectivity index (χ1) is 12.7. The van der Waals surface area contributed by atoms with Gasteiger partial charge in [-0.15, -0.1) is 0 Å². The molecular formula is C20H36N4O3. The van der Waals surface area contributed by atoms with Gasteiger partial charge < -0.3 is 24.6 Å². The molecule has 1 amide bonds. The zero-order valence-electron chi connectivity index (χ0n) is 17.5. The van der Waals surface area contributed by atoms with Crippen molar-refractivity contribution in [1.29, 1.82) is 0 Å². The average Bonchev–Trinajstić information content (AvgIpc) is 3.01. The summed E-state index contributed by atoms with van der Waals surface area (Å²) < 4.78 is 11.5. The van der Waals surface area contributed by atoms with E-state index in [0.29, 0.717) is 31.0 Å². The lowest BCUT2D eigenvalue weighted by Gasteiger charge is -2.40. The smallest absolute Gasteiger partial charge is 0.410 e. The van der Waals surface area contributed by atoms with Gasteiger partial charge in [0.15, 0.2) is 5.96 Å². The van der Waals surface area contributed by atoms with Gasteiger partial charge in [0.25, 0.3) is 0 Å². The summed E-state index contributed by atoms with van der Waals surface area (Å²) in [5.41, 5.74) is -0.456. The molecule has 7 nitrogen and oxygen atoms in total. The number of aliphatic imine (C=N–C) groups is 1. The molecule has 0 aromatic heterocycles. The summed E-state index contributed by atoms with van der Waals surface area (Å²) in [6.45, 7) is 14.8. The number of fused-ring (bicyclic) bond motifs is 1. The van der Waals surface area contributed by atoms with Gasteiger partial charge >= 0.3 is 6.09 Å². The minimum absolute atomic E-state index is 0.220. The number of hydrogen-bond donors (Lipinski definition) is 1. The first-order valence-electron chi connectivity index (χ1n) is 10.4. The summed E-state index contributed by atoms with van der Waals surface area (Å²) in [6.07, 6.45) is 2.45. The Morgan fingerprint density at radius 1 is 1.37 bits per heavy atom. The van der Waals surface area contributed by atoms with Crippen molar-refractivity contribution in [2.75, 3.05) is 39.3 Å². The molecule has 3 aliphatic heterocycles. The molecule has 154 valence electrons. The van der Waals surface area contributed by atoms with E-state index < -0.39 is 5.60 Å². The van der Waals surface area contributed by atoms with Crippen LogP contribution in [0.4, 0.5) is 4.79 Å². The molecule has 3 atom stereocenters. The molecule has 3 rings (SSSR count). The van der Waals surface area contributed by atoms with Crippen molar-refractivity contribution in [3.05, 3.63) is 0 Å². The van der Waals surface area contributed by atoms with Gasteiger partial charge in [-0.3, -0.25) is 4.99 Å². The van der Waals surface area contributed by atoms with Crippen LogP contribution in [0.3, 0.4) is 0 Å². The van der Waals surface area contributed by atoms with Crippen LogP contribution < -0.4 is 5.32 Å². The fourth-order valence-corrected chi connectivity index (χ4v) is 4.27. The third-order valence-electron chi connectivity index (χ3n) is 5.53. The van der Waals surface area contributed by atoms with Crippen molar-refractivity contribution >= 4 is 12.1 Å². The zero-order chi connectivity index (χ0) is 19.6. The predicted octanol–water partition coefficient (Wildman–Crippen LogP) is 2.32. The lowest BCUT2D eigenvalue weighted by atomic mass is 9.87. The molecule has 2 fully saturated rings. The number of nitrogens with one attached hydrogen (secondary N) is 1. The second kappa shape index (κ2) is 8.25. The second-order valence-corrected chi connectivity index (χ2v) is 9.30. The van der Waals surface area contributed by atoms with Gasteiger partial charge in [-0.25, -0.2) is 4.79 Å². The van der Waals surface area contributed by atoms with Gasteiger partial charge in [0, 0.05) is 38.7 Å². The number of hydrogen-bond acceptors (Lipinski definition) is 6. The van der Waals surface area contributed by atoms with Gasteiger partial charge in [0.2, 0.25) is 0 Å². The normalized spacial score (nSPS) is 28.8. The molecule has 0 aliphatic carbocycles. The van der Waals surface area contributed by atoms with E-state index in [1.54, 1.807) is 0 Å². The summed E-state index contributed by atoms with van der Waals surface area (Å²) >= 11 is 0. The van der Waals surface area contributed by atoms with E-state index in [1.165, 1.54) is 6.42 Å². The Balaban J connectivity index is 1.50. The van der Waals surface area contributed by atoms with Crippen LogP contribution in [-0.4, -0.2) is 78.9 Å². The summed E-state index contributed by atoms with van der Waals surface area (Å²) in [7, 11) is 0. The zero-order valence-corrected chi connectivity index (χ0v) is 17.5. The Morgan fingerprint density at radius 3 is 2.85 bits per heavy atom. The minimum Gasteiger partial charge on any atom is -0.444 e. The number of carbonyl (C=O) groups excluding carboxylic acids is 1. The SMILES string of the molecule is CC(C)C1OCCCC1CNC1=NCC2CN(C(=O)OC(C)(C)C)CCN12. The van der Waals surface area contributed by atoms with Crippen LogP contribution in [0.25, 0.3) is 0 Å². The van der Waals surface area contributed by atoms with E-state index in [2.05, 4.69) is 24.1 Å². The molecule has 0 radical (unpaired) electrons. The van der Waals surface area contributed by atoms with Crippen molar-refractivity contribution in [3.8, 4) is 0 Å². The number of nitrogens with zero attached hydrogens (tertiary/aromatic N) is 3. The Labute approximate surface area is 163 Å². The molecule has 7 heteroatoms. The molecule has 0 aromatic carbocycles. The largest absolute Gasteiger partial charge is 0.444 e. The van der Waals surface area contributed by atoms with Crippen LogP contribution in [0.15, 0.2) is 4.99 Å². The van der Waals surface area contributed by atoms with Crippen LogP contribution in [0.5, 0.6) is 0 Å². The molecule has 3 unspecified atom stereocenters. The van der Waals surface area contributed by atoms with Crippen molar-refractivity contribution in [3.63, 3.8) is 0 Å². The maximum absolute atomic E-state index is 12.3. The maximum Gasteiger partial charge on any atom is 0.410 e. The standard InChI is InChI=1S/C20H36N4O3/c1-14(2)17-15(7-6-10-26-17)11-21-18-22-12-16-13-23(8-9-24(16)18)19(25)27-20(3,4)5/h14-17H,6-13H2,1-5H3,(H,21,22). The van der Waals surface area contributed by atoms with Crippen LogP contribution in [0, 0.1) is 11.8 Å². The van der Waals surface area contributed by atoms with E-state index in [-0.39, 0.29) is 12.1 Å². The summed E-state index contributed by atoms with van der Waals surface area (Å²) in [6, 6.07) is 0.247. The Hall–Kier alpha value is -1.50. The number of guanidine groups is 1. The fraction of sp³-hybridized carbons (Fsp3) is 0.900. The van der Waals surface area contributed by atoms with Crippen molar-refractivity contribution in [2.45, 2.75) is 65.2 Å². The third-order valence-corrected chi connectivity index (χ3v) is 5.53. The lowest BCUT2D eigenvalue weighted by molar-refractivity contribution is -0.0506. The summed E-state index contributed by atoms with van der Waals surface area (Å²) in [4.78, 5) is 21.2. The highest BCUT2D eigenvalue weighted by Gasteiger charge is 2.37. The average molecular weight is 381 g/mol. The number of amides is 1. The molecule has 0 aromatic rings. The van der Waals surface area contributed by atoms with Gasteiger partial charge in [0.05, 0.1) is 18.7 Å². The Morgan fingerprint density at radius 2 is 2.15 bits per heavy atom. The number of piperazine rings is 1. The van der Waals surface area contributed by atoms with E-state index in [9.17, 15) is 4.79 Å². The third kappa shape index (κ3) is 5.06. The first-order valence-corrected chi connectivity index (χ1v) is 10.4. The second-order valence-electron chi connectivity index (χ2n) is 9.30. The minimum atomic E-state index is -0.456. The highest BCUT2D eigenvalue weighted by atomic mass is 16.6. The topological polar surface area (TPSA) is 66.4 Å². The molecule has 27 heavy (non-hydrogen) atoms. The van der Waals surface area contributed by atoms with Gasteiger partial charge in [0.1, 0.15) is 5.60 Å². The number of rotatable bonds is 3. The predicted molar refractivity (Wildman–Crippen MR) is 106 cm³/mol. The molecule has 0 spiro atoms. The van der Waals surface area contributed by atoms with Crippen molar-refractivity contribution in [1.82, 2.24) is 15.1 Å². The molecule has 2 saturated heterocycles. The molecular weight excluding hydrogens is 344 g/mol. The van der Waals surface area contributed by atoms with Crippen molar-refractivity contribution < 1.29 is 14.3 Å². The molecule has 3 aliphatic rings. The maximum atomic E-state index is 12.3. The van der Waals surface area contributed by atoms with E-state index >= 15 is 0 Å². The quantitative estimate of drug-likeness (QED) is 0.814. The molecule has 3 heterocycles. The summed E-state index contributed by atoms with van der Waals surface area (Å²) in [5, 5.41) is 3.58. The highest BCUT2D eigenvalue weighted by Crippen LogP contribution is 2.26. The van der Waals surface area contributed by atoms with Gasteiger partial charge in [-0.2, -0.15) is 0 Å². The molecule has 1 N–H and O–H groups in total. The monoisotopic (exact) mass is 380 g/mol. The van der Waals surface area contributed by atoms with E-state index in [1.807, 2.05) is 25.7 Å². The fourth-order valence-electron chi connectivity index (χ4n) is 4.27. The van der Waals surface area contributed by atoms with Crippen LogP contribution >= 0.6 is 0 Å². The van der Waals surface area contributed by atoms with Gasteiger partial charge in [-0.05, 0) is 39.5 Å². The Bertz CT molecular complexity index is 558. The summed E-state index contributed by atoms with van der Waals surface area (Å²) in [5.74, 6) is 2.05. The first kappa shape index (κ1) is 20.2. The lowest BCUT2D eigenvalue weighted by Crippen LogP contribution is -2.58. The highest BCUT2D eigenvalue weighted by molar-refractivity contribution is 5.82. The van der Waals surface area contributed by atoms with Gasteiger partial charge in [-0.1, -0.05) is 13.8 Å². The van der Waals surface area contributed by atoms with E-state index in [0.717, 1.165) is 38.6 Å². The number of carbonyl (C=O) groups is 1. The van der Waals surface area contributed by atoms with Crippen molar-refractivity contribution in [2.24, 2.45) is 16.8 Å². The molecule has 0 saturated carbocycles. The van der Waals surface area contributed by atoms with E-state index in [4.69, 9.17) is 14.5 Å². The van der Waals surface area contributed by atoms with Crippen LogP contribution in [-0.2, 0) is 9.47 Å². The van der Waals surface area contributed by atoms with Crippen LogP contribution in [0.1, 0.15) is 47.5 Å².